The van der Waals surface area contributed by atoms with Crippen molar-refractivity contribution in [3.8, 4) is 0 Å². The van der Waals surface area contributed by atoms with E-state index in [0.717, 1.165) is 19.0 Å². The van der Waals surface area contributed by atoms with Crippen molar-refractivity contribution in [3.63, 3.8) is 0 Å². The second-order valence-electron chi connectivity index (χ2n) is 8.70. The molecule has 0 bridgehead atoms. The fourth-order valence-electron chi connectivity index (χ4n) is 4.57. The van der Waals surface area contributed by atoms with Crippen LogP contribution in [0.2, 0.25) is 0 Å². The number of carbonyl (C=O) groups excluding carboxylic acids is 1. The van der Waals surface area contributed by atoms with Gasteiger partial charge in [-0.3, -0.25) is 4.79 Å². The molecule has 0 unspecified atom stereocenters. The Morgan fingerprint density at radius 2 is 1.73 bits per heavy atom. The first kappa shape index (κ1) is 16.3. The third-order valence-electron chi connectivity index (χ3n) is 6.58. The number of hydrogen-bond acceptors (Lipinski definition) is 2. The highest BCUT2D eigenvalue weighted by Gasteiger charge is 2.48. The molecular formula is C19H34N2O. The predicted octanol–water partition coefficient (Wildman–Crippen LogP) is 3.39. The zero-order valence-corrected chi connectivity index (χ0v) is 15.0. The van der Waals surface area contributed by atoms with Crippen LogP contribution in [0.25, 0.3) is 0 Å². The molecule has 1 spiro atoms. The largest absolute Gasteiger partial charge is 0.341 e. The van der Waals surface area contributed by atoms with Crippen LogP contribution in [-0.4, -0.2) is 47.9 Å². The summed E-state index contributed by atoms with van der Waals surface area (Å²) in [7, 11) is 0. The van der Waals surface area contributed by atoms with Crippen LogP contribution in [0.1, 0.15) is 59.8 Å². The Labute approximate surface area is 136 Å². The van der Waals surface area contributed by atoms with Crippen LogP contribution in [0.5, 0.6) is 0 Å². The SMILES string of the molecule is CC(C)N1CCCCC2(CN(C(=O)[C@H](C)[C@@H](C)C3CC3)C2)C1. The van der Waals surface area contributed by atoms with E-state index in [9.17, 15) is 4.79 Å². The van der Waals surface area contributed by atoms with Crippen molar-refractivity contribution in [1.82, 2.24) is 9.80 Å². The summed E-state index contributed by atoms with van der Waals surface area (Å²) in [6.07, 6.45) is 6.65. The molecule has 0 aromatic rings. The lowest BCUT2D eigenvalue weighted by Crippen LogP contribution is -2.63. The Hall–Kier alpha value is -0.570. The highest BCUT2D eigenvalue weighted by atomic mass is 16.2. The molecule has 3 fully saturated rings. The molecule has 2 saturated heterocycles. The summed E-state index contributed by atoms with van der Waals surface area (Å²) < 4.78 is 0. The molecule has 0 aromatic heterocycles. The topological polar surface area (TPSA) is 23.6 Å². The molecule has 2 aliphatic heterocycles. The van der Waals surface area contributed by atoms with Crippen molar-refractivity contribution < 1.29 is 4.79 Å². The molecule has 0 N–H and O–H groups in total. The lowest BCUT2D eigenvalue weighted by molar-refractivity contribution is -0.151. The van der Waals surface area contributed by atoms with E-state index in [2.05, 4.69) is 37.5 Å². The van der Waals surface area contributed by atoms with E-state index in [1.54, 1.807) is 0 Å². The second kappa shape index (κ2) is 6.14. The lowest BCUT2D eigenvalue weighted by Gasteiger charge is -2.53. The normalized spacial score (nSPS) is 28.3. The highest BCUT2D eigenvalue weighted by Crippen LogP contribution is 2.43. The molecule has 1 amide bonds. The van der Waals surface area contributed by atoms with E-state index in [-0.39, 0.29) is 5.92 Å². The van der Waals surface area contributed by atoms with Gasteiger partial charge in [0.2, 0.25) is 5.91 Å². The van der Waals surface area contributed by atoms with Gasteiger partial charge in [-0.05, 0) is 57.9 Å². The minimum atomic E-state index is 0.219. The molecule has 3 heteroatoms. The first-order chi connectivity index (χ1) is 10.4. The van der Waals surface area contributed by atoms with Crippen LogP contribution >= 0.6 is 0 Å². The van der Waals surface area contributed by atoms with Crippen molar-refractivity contribution in [2.45, 2.75) is 65.8 Å². The maximum Gasteiger partial charge on any atom is 0.225 e. The van der Waals surface area contributed by atoms with Gasteiger partial charge >= 0.3 is 0 Å². The number of carbonyl (C=O) groups is 1. The van der Waals surface area contributed by atoms with Crippen LogP contribution < -0.4 is 0 Å². The highest BCUT2D eigenvalue weighted by molar-refractivity contribution is 5.79. The molecule has 1 aliphatic carbocycles. The summed E-state index contributed by atoms with van der Waals surface area (Å²) in [5, 5.41) is 0. The van der Waals surface area contributed by atoms with Gasteiger partial charge in [-0.25, -0.2) is 0 Å². The van der Waals surface area contributed by atoms with E-state index in [1.165, 1.54) is 45.2 Å². The summed E-state index contributed by atoms with van der Waals surface area (Å²) in [6.45, 7) is 13.5. The van der Waals surface area contributed by atoms with Gasteiger partial charge in [0.25, 0.3) is 0 Å². The third kappa shape index (κ3) is 3.20. The number of amides is 1. The Morgan fingerprint density at radius 3 is 2.32 bits per heavy atom. The summed E-state index contributed by atoms with van der Waals surface area (Å²) >= 11 is 0. The monoisotopic (exact) mass is 306 g/mol. The summed E-state index contributed by atoms with van der Waals surface area (Å²) in [5.41, 5.74) is 0.402. The first-order valence-corrected chi connectivity index (χ1v) is 9.45. The third-order valence-corrected chi connectivity index (χ3v) is 6.58. The molecule has 0 aromatic carbocycles. The quantitative estimate of drug-likeness (QED) is 0.795. The minimum absolute atomic E-state index is 0.219. The fourth-order valence-corrected chi connectivity index (χ4v) is 4.57. The van der Waals surface area contributed by atoms with E-state index in [4.69, 9.17) is 0 Å². The summed E-state index contributed by atoms with van der Waals surface area (Å²) in [4.78, 5) is 17.5. The maximum absolute atomic E-state index is 12.7. The van der Waals surface area contributed by atoms with Crippen molar-refractivity contribution in [2.24, 2.45) is 23.2 Å². The van der Waals surface area contributed by atoms with Gasteiger partial charge in [-0.1, -0.05) is 20.3 Å². The molecule has 3 nitrogen and oxygen atoms in total. The van der Waals surface area contributed by atoms with Gasteiger partial charge in [-0.2, -0.15) is 0 Å². The molecule has 1 saturated carbocycles. The standard InChI is InChI=1S/C19H34N2O/c1-14(2)20-10-6-5-9-19(11-20)12-21(13-19)18(22)16(4)15(3)17-7-8-17/h14-17H,5-13H2,1-4H3/t15-,16-/m1/s1. The summed E-state index contributed by atoms with van der Waals surface area (Å²) in [6, 6.07) is 0.633. The molecule has 0 radical (unpaired) electrons. The molecule has 3 aliphatic rings. The number of hydrogen-bond donors (Lipinski definition) is 0. The Morgan fingerprint density at radius 1 is 1.05 bits per heavy atom. The number of rotatable bonds is 4. The molecule has 126 valence electrons. The van der Waals surface area contributed by atoms with E-state index in [0.29, 0.717) is 23.3 Å². The summed E-state index contributed by atoms with van der Waals surface area (Å²) in [5.74, 6) is 2.04. The van der Waals surface area contributed by atoms with Crippen LogP contribution in [0.3, 0.4) is 0 Å². The van der Waals surface area contributed by atoms with Gasteiger partial charge in [0.15, 0.2) is 0 Å². The molecular weight excluding hydrogens is 272 g/mol. The first-order valence-electron chi connectivity index (χ1n) is 9.45. The number of nitrogens with zero attached hydrogens (tertiary/aromatic N) is 2. The smallest absolute Gasteiger partial charge is 0.225 e. The average Bonchev–Trinajstić information content (AvgIpc) is 3.28. The average molecular weight is 306 g/mol. The van der Waals surface area contributed by atoms with E-state index < -0.39 is 0 Å². The molecule has 22 heavy (non-hydrogen) atoms. The van der Waals surface area contributed by atoms with Crippen LogP contribution in [0.4, 0.5) is 0 Å². The van der Waals surface area contributed by atoms with Crippen molar-refractivity contribution in [3.05, 3.63) is 0 Å². The van der Waals surface area contributed by atoms with Gasteiger partial charge in [0.1, 0.15) is 0 Å². The van der Waals surface area contributed by atoms with E-state index in [1.807, 2.05) is 0 Å². The van der Waals surface area contributed by atoms with Crippen LogP contribution in [-0.2, 0) is 4.79 Å². The van der Waals surface area contributed by atoms with Crippen LogP contribution in [0.15, 0.2) is 0 Å². The Balaban J connectivity index is 1.56. The Bertz CT molecular complexity index is 410. The van der Waals surface area contributed by atoms with Crippen molar-refractivity contribution in [1.29, 1.82) is 0 Å². The van der Waals surface area contributed by atoms with Gasteiger partial charge in [0, 0.05) is 37.0 Å². The minimum Gasteiger partial charge on any atom is -0.341 e. The fraction of sp³-hybridized carbons (Fsp3) is 0.947. The number of likely N-dealkylation sites (tertiary alicyclic amines) is 2. The molecule has 2 heterocycles. The van der Waals surface area contributed by atoms with Gasteiger partial charge in [-0.15, -0.1) is 0 Å². The van der Waals surface area contributed by atoms with Gasteiger partial charge in [0.05, 0.1) is 0 Å². The zero-order valence-electron chi connectivity index (χ0n) is 15.0. The van der Waals surface area contributed by atoms with Crippen molar-refractivity contribution in [2.75, 3.05) is 26.2 Å². The maximum atomic E-state index is 12.7. The Kier molecular flexibility index (Phi) is 4.55. The lowest BCUT2D eigenvalue weighted by atomic mass is 9.74. The van der Waals surface area contributed by atoms with Crippen molar-refractivity contribution >= 4 is 5.91 Å². The predicted molar refractivity (Wildman–Crippen MR) is 90.6 cm³/mol. The molecule has 2 atom stereocenters. The van der Waals surface area contributed by atoms with Crippen LogP contribution in [0, 0.1) is 23.2 Å². The second-order valence-corrected chi connectivity index (χ2v) is 8.70. The zero-order chi connectivity index (χ0) is 15.9. The van der Waals surface area contributed by atoms with E-state index >= 15 is 0 Å². The van der Waals surface area contributed by atoms with Gasteiger partial charge < -0.3 is 9.80 Å². The molecule has 3 rings (SSSR count).